The first kappa shape index (κ1) is 9.83. The summed E-state index contributed by atoms with van der Waals surface area (Å²) in [5.41, 5.74) is 6.96. The zero-order chi connectivity index (χ0) is 9.97. The van der Waals surface area contributed by atoms with Crippen LogP contribution in [0.25, 0.3) is 0 Å². The van der Waals surface area contributed by atoms with Crippen molar-refractivity contribution in [1.29, 1.82) is 0 Å². The van der Waals surface area contributed by atoms with Crippen molar-refractivity contribution in [3.8, 4) is 0 Å². The van der Waals surface area contributed by atoms with E-state index in [9.17, 15) is 0 Å². The van der Waals surface area contributed by atoms with Gasteiger partial charge in [-0.3, -0.25) is 4.98 Å². The minimum atomic E-state index is -0.134. The average Bonchev–Trinajstić information content (AvgIpc) is 2.70. The molecule has 0 aliphatic heterocycles. The van der Waals surface area contributed by atoms with Crippen LogP contribution in [0.3, 0.4) is 0 Å². The first-order chi connectivity index (χ1) is 6.79. The highest BCUT2D eigenvalue weighted by molar-refractivity contribution is 9.10. The molecule has 2 N–H and O–H groups in total. The molecule has 0 spiro atoms. The highest BCUT2D eigenvalue weighted by atomic mass is 79.9. The first-order valence-electron chi connectivity index (χ1n) is 4.18. The Bertz CT molecular complexity index is 414. The van der Waals surface area contributed by atoms with E-state index >= 15 is 0 Å². The van der Waals surface area contributed by atoms with Crippen molar-refractivity contribution in [3.05, 3.63) is 50.9 Å². The molecule has 2 nitrogen and oxygen atoms in total. The Labute approximate surface area is 94.9 Å². The molecule has 0 aliphatic carbocycles. The van der Waals surface area contributed by atoms with E-state index in [1.807, 2.05) is 29.6 Å². The highest BCUT2D eigenvalue weighted by Crippen LogP contribution is 2.26. The second-order valence-electron chi connectivity index (χ2n) is 2.86. The van der Waals surface area contributed by atoms with Crippen LogP contribution in [-0.4, -0.2) is 4.98 Å². The summed E-state index contributed by atoms with van der Waals surface area (Å²) in [6.45, 7) is 0. The monoisotopic (exact) mass is 268 g/mol. The number of halogens is 1. The van der Waals surface area contributed by atoms with E-state index in [2.05, 4.69) is 20.9 Å². The van der Waals surface area contributed by atoms with Gasteiger partial charge in [0, 0.05) is 15.5 Å². The quantitative estimate of drug-likeness (QED) is 0.910. The summed E-state index contributed by atoms with van der Waals surface area (Å²) in [4.78, 5) is 5.40. The lowest BCUT2D eigenvalue weighted by Crippen LogP contribution is -2.12. The molecule has 0 aliphatic rings. The summed E-state index contributed by atoms with van der Waals surface area (Å²) in [5.74, 6) is 0. The Morgan fingerprint density at radius 1 is 1.36 bits per heavy atom. The topological polar surface area (TPSA) is 38.9 Å². The first-order valence-corrected chi connectivity index (χ1v) is 5.85. The number of pyridine rings is 1. The maximum Gasteiger partial charge on any atom is 0.0831 e. The average molecular weight is 269 g/mol. The molecule has 2 heterocycles. The van der Waals surface area contributed by atoms with Crippen LogP contribution in [0.1, 0.15) is 16.6 Å². The molecular weight excluding hydrogens is 260 g/mol. The molecule has 2 rings (SSSR count). The van der Waals surface area contributed by atoms with Crippen molar-refractivity contribution < 1.29 is 0 Å². The number of rotatable bonds is 2. The van der Waals surface area contributed by atoms with Gasteiger partial charge in [-0.25, -0.2) is 0 Å². The van der Waals surface area contributed by atoms with E-state index < -0.39 is 0 Å². The molecule has 0 bridgehead atoms. The molecule has 1 unspecified atom stereocenters. The molecule has 14 heavy (non-hydrogen) atoms. The lowest BCUT2D eigenvalue weighted by molar-refractivity contribution is 0.840. The van der Waals surface area contributed by atoms with Gasteiger partial charge in [-0.1, -0.05) is 6.07 Å². The van der Waals surface area contributed by atoms with Crippen molar-refractivity contribution in [2.45, 2.75) is 6.04 Å². The predicted octanol–water partition coefficient (Wildman–Crippen LogP) is 2.95. The Kier molecular flexibility index (Phi) is 2.96. The predicted molar refractivity (Wildman–Crippen MR) is 62.3 cm³/mol. The van der Waals surface area contributed by atoms with Crippen LogP contribution < -0.4 is 5.73 Å². The van der Waals surface area contributed by atoms with Crippen LogP contribution >= 0.6 is 27.3 Å². The van der Waals surface area contributed by atoms with Gasteiger partial charge in [0.1, 0.15) is 0 Å². The van der Waals surface area contributed by atoms with E-state index in [0.717, 1.165) is 15.0 Å². The normalized spacial score (nSPS) is 12.7. The van der Waals surface area contributed by atoms with E-state index in [1.54, 1.807) is 17.5 Å². The summed E-state index contributed by atoms with van der Waals surface area (Å²) in [5, 5.41) is 2.02. The number of hydrogen-bond donors (Lipinski definition) is 1. The number of hydrogen-bond acceptors (Lipinski definition) is 3. The Balaban J connectivity index is 2.37. The maximum atomic E-state index is 6.08. The van der Waals surface area contributed by atoms with Gasteiger partial charge in [0.25, 0.3) is 0 Å². The molecule has 2 aromatic rings. The second kappa shape index (κ2) is 4.21. The zero-order valence-corrected chi connectivity index (χ0v) is 9.75. The number of thiophene rings is 1. The number of nitrogens with two attached hydrogens (primary N) is 1. The van der Waals surface area contributed by atoms with Gasteiger partial charge < -0.3 is 5.73 Å². The van der Waals surface area contributed by atoms with Crippen molar-refractivity contribution in [3.63, 3.8) is 0 Å². The Hall–Kier alpha value is -0.710. The summed E-state index contributed by atoms with van der Waals surface area (Å²) in [6, 6.07) is 7.73. The van der Waals surface area contributed by atoms with Crippen molar-refractivity contribution in [2.75, 3.05) is 0 Å². The van der Waals surface area contributed by atoms with Crippen molar-refractivity contribution >= 4 is 27.3 Å². The fourth-order valence-electron chi connectivity index (χ4n) is 1.23. The van der Waals surface area contributed by atoms with Crippen LogP contribution in [0.2, 0.25) is 0 Å². The third kappa shape index (κ3) is 1.87. The molecule has 2 aromatic heterocycles. The standard InChI is InChI=1S/C10H9BrN2S/c11-7-3-1-5-13-10(7)9(12)8-4-2-6-14-8/h1-6,9H,12H2. The zero-order valence-electron chi connectivity index (χ0n) is 7.35. The molecule has 0 saturated carbocycles. The van der Waals surface area contributed by atoms with Gasteiger partial charge in [-0.05, 0) is 39.5 Å². The highest BCUT2D eigenvalue weighted by Gasteiger charge is 2.13. The third-order valence-corrected chi connectivity index (χ3v) is 3.56. The number of nitrogens with zero attached hydrogens (tertiary/aromatic N) is 1. The van der Waals surface area contributed by atoms with Gasteiger partial charge in [-0.2, -0.15) is 0 Å². The van der Waals surface area contributed by atoms with E-state index in [0.29, 0.717) is 0 Å². The van der Waals surface area contributed by atoms with Gasteiger partial charge in [0.05, 0.1) is 11.7 Å². The lowest BCUT2D eigenvalue weighted by Gasteiger charge is -2.10. The summed E-state index contributed by atoms with van der Waals surface area (Å²) in [7, 11) is 0. The molecule has 0 radical (unpaired) electrons. The molecule has 4 heteroatoms. The minimum absolute atomic E-state index is 0.134. The molecule has 0 amide bonds. The lowest BCUT2D eigenvalue weighted by atomic mass is 10.2. The van der Waals surface area contributed by atoms with Crippen molar-refractivity contribution in [2.24, 2.45) is 5.73 Å². The van der Waals surface area contributed by atoms with Crippen LogP contribution in [0.15, 0.2) is 40.3 Å². The smallest absolute Gasteiger partial charge is 0.0831 e. The third-order valence-electron chi connectivity index (χ3n) is 1.93. The minimum Gasteiger partial charge on any atom is -0.318 e. The van der Waals surface area contributed by atoms with Crippen LogP contribution in [0.5, 0.6) is 0 Å². The van der Waals surface area contributed by atoms with E-state index in [4.69, 9.17) is 5.73 Å². The fraction of sp³-hybridized carbons (Fsp3) is 0.100. The molecule has 0 fully saturated rings. The molecular formula is C10H9BrN2S. The van der Waals surface area contributed by atoms with E-state index in [-0.39, 0.29) is 6.04 Å². The van der Waals surface area contributed by atoms with Gasteiger partial charge in [-0.15, -0.1) is 11.3 Å². The van der Waals surface area contributed by atoms with Gasteiger partial charge in [0.2, 0.25) is 0 Å². The van der Waals surface area contributed by atoms with E-state index in [1.165, 1.54) is 0 Å². The summed E-state index contributed by atoms with van der Waals surface area (Å²) in [6.07, 6.45) is 1.76. The van der Waals surface area contributed by atoms with Gasteiger partial charge in [0.15, 0.2) is 0 Å². The molecule has 1 atom stereocenters. The number of aromatic nitrogens is 1. The summed E-state index contributed by atoms with van der Waals surface area (Å²) < 4.78 is 0.959. The molecule has 0 saturated heterocycles. The van der Waals surface area contributed by atoms with Crippen LogP contribution in [-0.2, 0) is 0 Å². The van der Waals surface area contributed by atoms with Crippen molar-refractivity contribution in [1.82, 2.24) is 4.98 Å². The molecule has 0 aromatic carbocycles. The fourth-order valence-corrected chi connectivity index (χ4v) is 2.46. The largest absolute Gasteiger partial charge is 0.318 e. The Morgan fingerprint density at radius 3 is 2.86 bits per heavy atom. The van der Waals surface area contributed by atoms with Crippen LogP contribution in [0.4, 0.5) is 0 Å². The molecule has 72 valence electrons. The summed E-state index contributed by atoms with van der Waals surface area (Å²) >= 11 is 5.09. The Morgan fingerprint density at radius 2 is 2.21 bits per heavy atom. The van der Waals surface area contributed by atoms with Crippen LogP contribution in [0, 0.1) is 0 Å². The SMILES string of the molecule is NC(c1cccs1)c1ncccc1Br. The second-order valence-corrected chi connectivity index (χ2v) is 4.70. The van der Waals surface area contributed by atoms with Gasteiger partial charge >= 0.3 is 0 Å². The maximum absolute atomic E-state index is 6.08.